The van der Waals surface area contributed by atoms with Gasteiger partial charge in [0, 0.05) is 143 Å². The number of anilines is 5. The van der Waals surface area contributed by atoms with E-state index in [-0.39, 0.29) is 17.5 Å². The van der Waals surface area contributed by atoms with Gasteiger partial charge in [-0.3, -0.25) is 9.80 Å². The highest BCUT2D eigenvalue weighted by molar-refractivity contribution is 7.88. The van der Waals surface area contributed by atoms with Crippen LogP contribution in [0.25, 0.3) is 110 Å². The van der Waals surface area contributed by atoms with Gasteiger partial charge in [0.15, 0.2) is 0 Å². The highest BCUT2D eigenvalue weighted by Crippen LogP contribution is 2.47. The molecule has 20 nitrogen and oxygen atoms in total. The molecule has 0 unspecified atom stereocenters. The first-order chi connectivity index (χ1) is 62.0. The lowest BCUT2D eigenvalue weighted by molar-refractivity contribution is -0.0135. The molecule has 660 valence electrons. The molecule has 23 rings (SSSR count). The van der Waals surface area contributed by atoms with E-state index in [1.54, 1.807) is 63.5 Å². The zero-order valence-electron chi connectivity index (χ0n) is 72.7. The molecule has 4 aromatic carbocycles. The van der Waals surface area contributed by atoms with E-state index < -0.39 is 15.6 Å². The maximum absolute atomic E-state index is 15.4. The quantitative estimate of drug-likeness (QED) is 0.102. The van der Waals surface area contributed by atoms with Crippen LogP contribution in [-0.2, 0) is 53.5 Å². The molecule has 7 saturated heterocycles. The molecule has 7 aliphatic heterocycles. The number of piperazine rings is 1. The molecular weight excluding hydrogens is 1690 g/mol. The smallest absolute Gasteiger partial charge is 0.226 e. The Morgan fingerprint density at radius 3 is 1.40 bits per heavy atom. The van der Waals surface area contributed by atoms with Crippen LogP contribution in [0.15, 0.2) is 106 Å². The normalized spacial score (nSPS) is 18.7. The van der Waals surface area contributed by atoms with Crippen molar-refractivity contribution in [2.24, 2.45) is 5.92 Å². The zero-order valence-corrected chi connectivity index (χ0v) is 76.7. The Balaban J connectivity index is 0.000000107. The number of aliphatic hydroxyl groups is 1. The highest BCUT2D eigenvalue weighted by Gasteiger charge is 2.35. The average Bonchev–Trinajstić information content (AvgIpc) is 1.60. The van der Waals surface area contributed by atoms with Crippen LogP contribution in [0, 0.1) is 23.4 Å². The van der Waals surface area contributed by atoms with E-state index in [1.807, 2.05) is 62.4 Å². The van der Waals surface area contributed by atoms with Gasteiger partial charge in [-0.05, 0) is 245 Å². The fourth-order valence-electron chi connectivity index (χ4n) is 20.2. The van der Waals surface area contributed by atoms with Crippen LogP contribution in [0.3, 0.4) is 0 Å². The number of aromatic nitrogens is 8. The molecule has 1 N–H and O–H groups in total. The van der Waals surface area contributed by atoms with Gasteiger partial charge in [-0.1, -0.05) is 72.9 Å². The van der Waals surface area contributed by atoms with Crippen LogP contribution in [0.4, 0.5) is 42.7 Å². The van der Waals surface area contributed by atoms with Gasteiger partial charge in [0.2, 0.25) is 33.8 Å². The lowest BCUT2D eigenvalue weighted by Crippen LogP contribution is -2.47. The Labute approximate surface area is 757 Å². The average molecular weight is 1800 g/mol. The number of hydrogen-bond acceptors (Lipinski definition) is 23. The molecule has 0 spiro atoms. The number of morpholine rings is 1. The molecule has 0 radical (unpaired) electrons. The first-order valence-electron chi connectivity index (χ1n) is 45.8. The number of ether oxygens (including phenoxy) is 1. The van der Waals surface area contributed by atoms with Gasteiger partial charge >= 0.3 is 0 Å². The fraction of sp³-hybridized carbons (Fsp3) is 0.434. The Kier molecular flexibility index (Phi) is 25.1. The molecule has 4 aliphatic carbocycles. The van der Waals surface area contributed by atoms with E-state index in [0.29, 0.717) is 68.7 Å². The van der Waals surface area contributed by atoms with Crippen molar-refractivity contribution < 1.29 is 31.4 Å². The summed E-state index contributed by atoms with van der Waals surface area (Å²) in [6.45, 7) is 21.0. The Morgan fingerprint density at radius 1 is 0.425 bits per heavy atom. The van der Waals surface area contributed by atoms with E-state index in [0.717, 1.165) is 258 Å². The van der Waals surface area contributed by atoms with Crippen molar-refractivity contribution in [2.75, 3.05) is 149 Å². The van der Waals surface area contributed by atoms with Gasteiger partial charge < -0.3 is 34.3 Å². The lowest BCUT2D eigenvalue weighted by atomic mass is 9.83. The molecular formula is C99H109F3N16O4S5. The van der Waals surface area contributed by atoms with E-state index in [2.05, 4.69) is 98.3 Å². The van der Waals surface area contributed by atoms with Crippen LogP contribution in [0.1, 0.15) is 159 Å². The van der Waals surface area contributed by atoms with Crippen molar-refractivity contribution in [3.05, 3.63) is 180 Å². The molecule has 11 aliphatic rings. The third kappa shape index (κ3) is 17.9. The van der Waals surface area contributed by atoms with Crippen LogP contribution >= 0.6 is 45.3 Å². The molecule has 12 aromatic rings. The third-order valence-corrected chi connectivity index (χ3v) is 32.5. The lowest BCUT2D eigenvalue weighted by Gasteiger charge is -2.37. The second kappa shape index (κ2) is 37.2. The maximum atomic E-state index is 15.4. The number of rotatable bonds is 15. The second-order valence-electron chi connectivity index (χ2n) is 36.0. The molecule has 15 heterocycles. The number of fused-ring (bicyclic) bond motifs is 8. The predicted octanol–water partition coefficient (Wildman–Crippen LogP) is 20.0. The Morgan fingerprint density at radius 2 is 0.866 bits per heavy atom. The minimum absolute atomic E-state index is 0.128. The van der Waals surface area contributed by atoms with E-state index in [1.165, 1.54) is 107 Å². The maximum Gasteiger partial charge on any atom is 0.226 e. The largest absolute Gasteiger partial charge is 0.390 e. The number of halogens is 3. The minimum atomic E-state index is -3.17. The van der Waals surface area contributed by atoms with Crippen molar-refractivity contribution >= 4 is 150 Å². The SMILES string of the molecule is CC(C)(O)C1CCN(Cc2csc3c(-c4cccc5c4C=CC5)nc(N4CCCCC4)nc23)CC1.CS(=O)(=O)N1CCN(Cc2csc3c(-c4c(F)ccc5c4C=CC5)nc(N4CCCCC4)nc23)CC1.Fc1ccc(-c2nc(N3CCCCC3)nc3c(N4CCOCC4)csc23)c2c1CC=C2.Fc1ccc(-c2nc(N3CCCCC3)nc3ccsc23)c2c1CC=C2. The molecule has 127 heavy (non-hydrogen) atoms. The van der Waals surface area contributed by atoms with E-state index in [4.69, 9.17) is 44.6 Å². The monoisotopic (exact) mass is 1800 g/mol. The first kappa shape index (κ1) is 85.6. The number of piperidine rings is 5. The molecule has 8 aromatic heterocycles. The summed E-state index contributed by atoms with van der Waals surface area (Å²) in [5.74, 6) is 3.05. The van der Waals surface area contributed by atoms with E-state index in [9.17, 15) is 22.3 Å². The van der Waals surface area contributed by atoms with Crippen molar-refractivity contribution in [1.29, 1.82) is 0 Å². The predicted molar refractivity (Wildman–Crippen MR) is 516 cm³/mol. The molecule has 0 saturated carbocycles. The molecule has 28 heteroatoms. The van der Waals surface area contributed by atoms with Gasteiger partial charge in [-0.2, -0.15) is 4.31 Å². The number of thiophene rings is 4. The zero-order chi connectivity index (χ0) is 86.4. The summed E-state index contributed by atoms with van der Waals surface area (Å²) in [5.41, 5.74) is 22.7. The van der Waals surface area contributed by atoms with Crippen molar-refractivity contribution in [3.63, 3.8) is 0 Å². The van der Waals surface area contributed by atoms with Crippen LogP contribution in [0.5, 0.6) is 0 Å². The van der Waals surface area contributed by atoms with Gasteiger partial charge in [0.1, 0.15) is 23.0 Å². The number of hydrogen-bond donors (Lipinski definition) is 1. The number of nitrogens with zero attached hydrogens (tertiary/aromatic N) is 16. The van der Waals surface area contributed by atoms with Crippen molar-refractivity contribution in [1.82, 2.24) is 54.0 Å². The first-order valence-corrected chi connectivity index (χ1v) is 51.1. The molecule has 7 fully saturated rings. The fourth-order valence-corrected chi connectivity index (χ4v) is 24.9. The van der Waals surface area contributed by atoms with Crippen molar-refractivity contribution in [2.45, 2.75) is 148 Å². The van der Waals surface area contributed by atoms with Crippen LogP contribution in [-0.4, -0.2) is 197 Å². The number of likely N-dealkylation sites (tertiary alicyclic amines) is 1. The molecule has 0 atom stereocenters. The van der Waals surface area contributed by atoms with Gasteiger partial charge in [-0.15, -0.1) is 45.3 Å². The summed E-state index contributed by atoms with van der Waals surface area (Å²) < 4.78 is 79.1. The topological polar surface area (TPSA) is 193 Å². The molecule has 0 bridgehead atoms. The van der Waals surface area contributed by atoms with Crippen molar-refractivity contribution in [3.8, 4) is 45.0 Å². The number of allylic oxidation sites excluding steroid dienone is 4. The Hall–Kier alpha value is -9.46. The highest BCUT2D eigenvalue weighted by atomic mass is 32.2. The van der Waals surface area contributed by atoms with E-state index >= 15 is 4.39 Å². The standard InChI is InChI=1S/C29H36N4OS.C26H30FN5O2S2.C24H25FN4OS.C20H18FN3S/c1-29(2,34)22-12-16-32(17-13-22)18-21-19-35-27-25(21)30-28(33-14-4-3-5-15-33)31-26(27)24-11-7-9-20-8-6-10-23(20)24;1-36(33,34)32-14-12-30(13-15-32)16-19-17-35-25-23(19)28-26(31-10-3-2-4-11-31)29-24(25)22-20-7-5-6-18(20)8-9-21(22)27;25-19-8-7-18(16-5-4-6-17(16)19)21-23-22(20(15-31-23)28-11-13-30-14-12-28)27-24(26-21)29-9-2-1-3-10-29;21-16-8-7-15(13-5-4-6-14(13)16)18-19-17(9-12-25-19)22-20(23-18)24-10-2-1-3-11-24/h6-7,9-11,19,22,34H,3-5,8,12-18H2,1-2H3;5,7-9,17H,2-4,6,10-16H2,1H3;4-5,7-8,15H,1-3,6,9-14H2;4-5,7-9,12H,1-3,6,10-11H2. The summed E-state index contributed by atoms with van der Waals surface area (Å²) in [5, 5.41) is 19.1. The summed E-state index contributed by atoms with van der Waals surface area (Å²) in [6.07, 6.45) is 37.6. The van der Waals surface area contributed by atoms with Gasteiger partial charge in [0.05, 0.1) is 88.9 Å². The summed E-state index contributed by atoms with van der Waals surface area (Å²) in [4.78, 5) is 56.7. The van der Waals surface area contributed by atoms with Crippen LogP contribution < -0.4 is 24.5 Å². The minimum Gasteiger partial charge on any atom is -0.390 e. The van der Waals surface area contributed by atoms with Gasteiger partial charge in [0.25, 0.3) is 0 Å². The van der Waals surface area contributed by atoms with Gasteiger partial charge in [-0.25, -0.2) is 61.5 Å². The number of benzene rings is 4. The second-order valence-corrected chi connectivity index (χ2v) is 41.5. The Bertz CT molecular complexity index is 6350. The summed E-state index contributed by atoms with van der Waals surface area (Å²) in [7, 11) is -3.17. The third-order valence-electron chi connectivity index (χ3n) is 27.3. The summed E-state index contributed by atoms with van der Waals surface area (Å²) >= 11 is 6.71. The number of sulfonamides is 1. The molecule has 0 amide bonds. The van der Waals surface area contributed by atoms with Crippen LogP contribution in [0.2, 0.25) is 0 Å². The summed E-state index contributed by atoms with van der Waals surface area (Å²) in [6, 6.07) is 19.0.